The maximum atomic E-state index is 11.6. The van der Waals surface area contributed by atoms with E-state index in [9.17, 15) is 4.79 Å². The maximum Gasteiger partial charge on any atom is 0.137 e. The summed E-state index contributed by atoms with van der Waals surface area (Å²) in [6.45, 7) is 0. The standard InChI is InChI=1S/C18H16O.C9H8N2/c19-14-7-10-16-13(11-14)6-9-17-15-4-2-1-3-12(15)5-8-18(16)17;1-2-4-9-8(3-1)5-6-10-7-11-9/h1-4,6,9H,5,7-8,10-11H2;1-7H,(H,10,11). The Balaban J connectivity index is 0.000000149. The summed E-state index contributed by atoms with van der Waals surface area (Å²) in [5.74, 6) is 0.392. The van der Waals surface area contributed by atoms with Gasteiger partial charge >= 0.3 is 0 Å². The van der Waals surface area contributed by atoms with Gasteiger partial charge in [-0.3, -0.25) is 4.79 Å². The Morgan fingerprint density at radius 1 is 0.733 bits per heavy atom. The second-order valence-electron chi connectivity index (χ2n) is 7.92. The molecule has 3 heteroatoms. The van der Waals surface area contributed by atoms with E-state index in [4.69, 9.17) is 0 Å². The number of carbonyl (C=O) groups excluding carboxylic acids is 1. The Labute approximate surface area is 177 Å². The summed E-state index contributed by atoms with van der Waals surface area (Å²) >= 11 is 0. The molecule has 0 unspecified atom stereocenters. The van der Waals surface area contributed by atoms with E-state index >= 15 is 0 Å². The molecule has 0 bridgehead atoms. The van der Waals surface area contributed by atoms with E-state index in [1.807, 2.05) is 36.5 Å². The monoisotopic (exact) mass is 392 g/mol. The van der Waals surface area contributed by atoms with Crippen LogP contribution in [-0.2, 0) is 30.5 Å². The molecule has 6 rings (SSSR count). The van der Waals surface area contributed by atoms with Gasteiger partial charge in [0.25, 0.3) is 0 Å². The number of aliphatic imine (C=N–C) groups is 1. The van der Waals surface area contributed by atoms with Gasteiger partial charge in [-0.15, -0.1) is 0 Å². The fraction of sp³-hybridized carbons (Fsp3) is 0.185. The quantitative estimate of drug-likeness (QED) is 0.554. The lowest BCUT2D eigenvalue weighted by atomic mass is 9.78. The summed E-state index contributed by atoms with van der Waals surface area (Å²) < 4.78 is 0. The van der Waals surface area contributed by atoms with E-state index in [0.29, 0.717) is 12.2 Å². The van der Waals surface area contributed by atoms with Crippen LogP contribution in [0.1, 0.15) is 34.2 Å². The van der Waals surface area contributed by atoms with E-state index in [0.717, 1.165) is 36.9 Å². The fourth-order valence-corrected chi connectivity index (χ4v) is 4.62. The summed E-state index contributed by atoms with van der Waals surface area (Å²) in [6.07, 6.45) is 10.1. The van der Waals surface area contributed by atoms with Gasteiger partial charge in [-0.1, -0.05) is 54.6 Å². The number of hydrogen-bond acceptors (Lipinski definition) is 3. The fourth-order valence-electron chi connectivity index (χ4n) is 4.62. The third kappa shape index (κ3) is 3.59. The first-order chi connectivity index (χ1) is 14.8. The molecule has 1 aliphatic heterocycles. The van der Waals surface area contributed by atoms with E-state index in [1.54, 1.807) is 6.34 Å². The number of ketones is 1. The molecule has 0 radical (unpaired) electrons. The molecule has 1 heterocycles. The first kappa shape index (κ1) is 18.6. The van der Waals surface area contributed by atoms with Crippen LogP contribution >= 0.6 is 0 Å². The van der Waals surface area contributed by atoms with Crippen LogP contribution in [0.25, 0.3) is 17.2 Å². The molecule has 0 saturated heterocycles. The number of para-hydroxylation sites is 1. The molecule has 0 atom stereocenters. The minimum absolute atomic E-state index is 0.392. The zero-order valence-corrected chi connectivity index (χ0v) is 16.9. The molecule has 3 aromatic rings. The number of aryl methyl sites for hydroxylation is 1. The molecule has 2 aliphatic carbocycles. The molecule has 3 aliphatic rings. The molecule has 30 heavy (non-hydrogen) atoms. The van der Waals surface area contributed by atoms with Crippen LogP contribution in [0.2, 0.25) is 0 Å². The highest BCUT2D eigenvalue weighted by atomic mass is 16.1. The van der Waals surface area contributed by atoms with Crippen LogP contribution in [0.4, 0.5) is 5.69 Å². The highest BCUT2D eigenvalue weighted by Crippen LogP contribution is 2.38. The number of rotatable bonds is 0. The van der Waals surface area contributed by atoms with Crippen LogP contribution in [0.5, 0.6) is 0 Å². The molecule has 0 saturated carbocycles. The lowest BCUT2D eigenvalue weighted by molar-refractivity contribution is -0.118. The highest BCUT2D eigenvalue weighted by Gasteiger charge is 2.23. The van der Waals surface area contributed by atoms with Gasteiger partial charge in [0.05, 0.1) is 12.0 Å². The van der Waals surface area contributed by atoms with Crippen molar-refractivity contribution in [3.63, 3.8) is 0 Å². The van der Waals surface area contributed by atoms with Crippen molar-refractivity contribution < 1.29 is 4.79 Å². The maximum absolute atomic E-state index is 11.6. The number of nitrogens with one attached hydrogen (secondary N) is 1. The van der Waals surface area contributed by atoms with Crippen LogP contribution < -0.4 is 5.32 Å². The van der Waals surface area contributed by atoms with Gasteiger partial charge in [-0.2, -0.15) is 0 Å². The zero-order chi connectivity index (χ0) is 20.3. The molecule has 1 N–H and O–H groups in total. The van der Waals surface area contributed by atoms with Gasteiger partial charge in [0.15, 0.2) is 0 Å². The molecule has 3 nitrogen and oxygen atoms in total. The second-order valence-corrected chi connectivity index (χ2v) is 7.92. The van der Waals surface area contributed by atoms with Crippen molar-refractivity contribution in [2.45, 2.75) is 32.1 Å². The summed E-state index contributed by atoms with van der Waals surface area (Å²) in [6, 6.07) is 21.1. The predicted molar refractivity (Wildman–Crippen MR) is 123 cm³/mol. The Kier molecular flexibility index (Phi) is 5.02. The molecular weight excluding hydrogens is 368 g/mol. The van der Waals surface area contributed by atoms with Gasteiger partial charge < -0.3 is 5.32 Å². The largest absolute Gasteiger partial charge is 0.353 e. The molecule has 148 valence electrons. The van der Waals surface area contributed by atoms with Gasteiger partial charge in [-0.25, -0.2) is 4.99 Å². The smallest absolute Gasteiger partial charge is 0.137 e. The molecule has 0 amide bonds. The number of hydrogen-bond donors (Lipinski definition) is 1. The van der Waals surface area contributed by atoms with E-state index in [1.165, 1.54) is 33.4 Å². The van der Waals surface area contributed by atoms with Gasteiger partial charge in [-0.05, 0) is 64.8 Å². The second kappa shape index (κ2) is 8.11. The average Bonchev–Trinajstić information content (AvgIpc) is 3.04. The molecule has 3 aromatic carbocycles. The van der Waals surface area contributed by atoms with Gasteiger partial charge in [0, 0.05) is 24.6 Å². The Morgan fingerprint density at radius 2 is 1.57 bits per heavy atom. The zero-order valence-electron chi connectivity index (χ0n) is 16.9. The van der Waals surface area contributed by atoms with Gasteiger partial charge in [0.2, 0.25) is 0 Å². The third-order valence-corrected chi connectivity index (χ3v) is 6.10. The first-order valence-electron chi connectivity index (χ1n) is 10.6. The Bertz CT molecular complexity index is 1140. The van der Waals surface area contributed by atoms with E-state index in [-0.39, 0.29) is 0 Å². The lowest BCUT2D eigenvalue weighted by Gasteiger charge is -2.26. The van der Waals surface area contributed by atoms with E-state index < -0.39 is 0 Å². The first-order valence-corrected chi connectivity index (χ1v) is 10.6. The summed E-state index contributed by atoms with van der Waals surface area (Å²) in [5, 5.41) is 2.92. The van der Waals surface area contributed by atoms with Crippen molar-refractivity contribution in [1.29, 1.82) is 0 Å². The minimum atomic E-state index is 0.392. The summed E-state index contributed by atoms with van der Waals surface area (Å²) in [4.78, 5) is 15.8. The van der Waals surface area contributed by atoms with Crippen LogP contribution in [0, 0.1) is 0 Å². The number of benzene rings is 3. The van der Waals surface area contributed by atoms with Crippen molar-refractivity contribution in [2.75, 3.05) is 0 Å². The lowest BCUT2D eigenvalue weighted by Crippen LogP contribution is -2.17. The third-order valence-electron chi connectivity index (χ3n) is 6.10. The topological polar surface area (TPSA) is 41.5 Å². The summed E-state index contributed by atoms with van der Waals surface area (Å²) in [7, 11) is 0. The predicted octanol–water partition coefficient (Wildman–Crippen LogP) is 5.43. The van der Waals surface area contributed by atoms with Gasteiger partial charge in [0.1, 0.15) is 5.78 Å². The highest BCUT2D eigenvalue weighted by molar-refractivity contribution is 5.85. The molecule has 0 fully saturated rings. The van der Waals surface area contributed by atoms with Crippen LogP contribution in [-0.4, -0.2) is 12.1 Å². The number of carbonyl (C=O) groups is 1. The normalized spacial score (nSPS) is 15.4. The minimum Gasteiger partial charge on any atom is -0.353 e. The SMILES string of the molecule is C1=Cc2ccccc2N=CN1.O=C1CCc2c(ccc3c2CCc2ccccc2-3)C1. The van der Waals surface area contributed by atoms with Crippen molar-refractivity contribution in [1.82, 2.24) is 5.32 Å². The molecule has 0 aromatic heterocycles. The number of nitrogens with zero attached hydrogens (tertiary/aromatic N) is 1. The van der Waals surface area contributed by atoms with Crippen molar-refractivity contribution in [3.05, 3.63) is 94.7 Å². The van der Waals surface area contributed by atoms with Crippen molar-refractivity contribution >= 4 is 23.9 Å². The van der Waals surface area contributed by atoms with E-state index in [2.05, 4.69) is 46.7 Å². The van der Waals surface area contributed by atoms with Crippen LogP contribution in [0.15, 0.2) is 71.9 Å². The Morgan fingerprint density at radius 3 is 2.53 bits per heavy atom. The number of fused-ring (bicyclic) bond motifs is 6. The Hall–Kier alpha value is -3.46. The molecule has 0 spiro atoms. The number of Topliss-reactive ketones (excluding diaryl/α,β-unsaturated/α-hetero) is 1. The van der Waals surface area contributed by atoms with Crippen LogP contribution in [0.3, 0.4) is 0 Å². The van der Waals surface area contributed by atoms with Crippen molar-refractivity contribution in [2.24, 2.45) is 4.99 Å². The average molecular weight is 393 g/mol. The molecular formula is C27H24N2O. The van der Waals surface area contributed by atoms with Crippen molar-refractivity contribution in [3.8, 4) is 11.1 Å². The summed E-state index contributed by atoms with van der Waals surface area (Å²) in [5.41, 5.74) is 10.6.